The minimum absolute atomic E-state index is 0.0175. The maximum atomic E-state index is 13.0. The Morgan fingerprint density at radius 3 is 2.36 bits per heavy atom. The van der Waals surface area contributed by atoms with E-state index < -0.39 is 16.9 Å². The molecule has 0 spiro atoms. The van der Waals surface area contributed by atoms with Gasteiger partial charge in [0.05, 0.1) is 5.25 Å². The van der Waals surface area contributed by atoms with Crippen molar-refractivity contribution in [1.82, 2.24) is 19.6 Å². The van der Waals surface area contributed by atoms with E-state index >= 15 is 0 Å². The topological polar surface area (TPSA) is 76.1 Å². The van der Waals surface area contributed by atoms with Crippen molar-refractivity contribution in [1.29, 1.82) is 0 Å². The summed E-state index contributed by atoms with van der Waals surface area (Å²) in [4.78, 5) is 16.6. The second kappa shape index (κ2) is 11.5. The zero-order chi connectivity index (χ0) is 23.2. The molecule has 0 bridgehead atoms. The van der Waals surface area contributed by atoms with Crippen LogP contribution >= 0.6 is 0 Å². The summed E-state index contributed by atoms with van der Waals surface area (Å²) in [6, 6.07) is 9.04. The van der Waals surface area contributed by atoms with Gasteiger partial charge in [0, 0.05) is 57.3 Å². The highest BCUT2D eigenvalue weighted by Crippen LogP contribution is 2.31. The molecule has 2 heterocycles. The van der Waals surface area contributed by atoms with Crippen molar-refractivity contribution in [2.75, 3.05) is 45.8 Å². The number of likely N-dealkylation sites (N-methyl/N-ethyl adjacent to an activating group) is 1. The molecule has 0 aromatic heterocycles. The normalized spacial score (nSPS) is 26.1. The highest BCUT2D eigenvalue weighted by molar-refractivity contribution is 7.83. The number of hydroxylamine groups is 1. The molecule has 1 aromatic carbocycles. The van der Waals surface area contributed by atoms with Gasteiger partial charge in [0.15, 0.2) is 0 Å². The van der Waals surface area contributed by atoms with Gasteiger partial charge in [-0.25, -0.2) is 14.0 Å². The van der Waals surface area contributed by atoms with Gasteiger partial charge in [-0.3, -0.25) is 14.9 Å². The summed E-state index contributed by atoms with van der Waals surface area (Å²) in [6.45, 7) is 10.0. The van der Waals surface area contributed by atoms with Crippen LogP contribution < -0.4 is 5.48 Å². The summed E-state index contributed by atoms with van der Waals surface area (Å²) >= 11 is 0. The lowest BCUT2D eigenvalue weighted by molar-refractivity contribution is -0.125. The molecule has 1 amide bonds. The zero-order valence-electron chi connectivity index (χ0n) is 19.5. The van der Waals surface area contributed by atoms with Crippen LogP contribution in [0.4, 0.5) is 0 Å². The van der Waals surface area contributed by atoms with Crippen molar-refractivity contribution in [3.05, 3.63) is 59.2 Å². The van der Waals surface area contributed by atoms with Gasteiger partial charge in [-0.15, -0.1) is 0 Å². The average Bonchev–Trinajstić information content (AvgIpc) is 2.89. The quantitative estimate of drug-likeness (QED) is 0.362. The molecule has 1 saturated heterocycles. The van der Waals surface area contributed by atoms with Gasteiger partial charge in [0.25, 0.3) is 5.91 Å². The van der Waals surface area contributed by atoms with E-state index in [9.17, 15) is 9.00 Å². The van der Waals surface area contributed by atoms with Gasteiger partial charge in [0.1, 0.15) is 11.0 Å². The first-order valence-corrected chi connectivity index (χ1v) is 13.3. The Kier molecular flexibility index (Phi) is 8.49. The molecule has 4 rings (SSSR count). The second-order valence-electron chi connectivity index (χ2n) is 9.14. The lowest BCUT2D eigenvalue weighted by Crippen LogP contribution is -2.45. The van der Waals surface area contributed by atoms with Crippen LogP contribution in [0.3, 0.4) is 0 Å². The molecule has 0 saturated carbocycles. The van der Waals surface area contributed by atoms with Crippen LogP contribution in [0.5, 0.6) is 0 Å². The Hall–Kier alpha value is -1.84. The number of piperazine rings is 1. The van der Waals surface area contributed by atoms with Crippen LogP contribution in [0.2, 0.25) is 0 Å². The predicted molar refractivity (Wildman–Crippen MR) is 131 cm³/mol. The van der Waals surface area contributed by atoms with E-state index in [-0.39, 0.29) is 5.25 Å². The third-order valence-electron chi connectivity index (χ3n) is 7.12. The summed E-state index contributed by atoms with van der Waals surface area (Å²) in [7, 11) is -1.11. The molecule has 33 heavy (non-hydrogen) atoms. The van der Waals surface area contributed by atoms with Crippen LogP contribution in [-0.4, -0.2) is 80.5 Å². The number of nitrogens with one attached hydrogen (secondary N) is 1. The largest absolute Gasteiger partial charge is 0.301 e. The summed E-state index contributed by atoms with van der Waals surface area (Å²) < 4.78 is 14.9. The number of benzene rings is 1. The molecular formula is C25H36N4O3S. The maximum Gasteiger partial charge on any atom is 0.270 e. The van der Waals surface area contributed by atoms with Crippen LogP contribution in [0.25, 0.3) is 0 Å². The van der Waals surface area contributed by atoms with Crippen LogP contribution in [-0.2, 0) is 22.3 Å². The van der Waals surface area contributed by atoms with Crippen molar-refractivity contribution in [3.63, 3.8) is 0 Å². The number of nitrogens with zero attached hydrogens (tertiary/aromatic N) is 3. The van der Waals surface area contributed by atoms with Crippen LogP contribution in [0.1, 0.15) is 43.2 Å². The fraction of sp³-hybridized carbons (Fsp3) is 0.560. The van der Waals surface area contributed by atoms with Gasteiger partial charge < -0.3 is 4.90 Å². The number of allylic oxidation sites excluding steroid dienone is 1. The van der Waals surface area contributed by atoms with Crippen LogP contribution in [0.15, 0.2) is 48.1 Å². The minimum atomic E-state index is -1.11. The molecule has 2 N–H and O–H groups in total. The predicted octanol–water partition coefficient (Wildman–Crippen LogP) is 2.43. The van der Waals surface area contributed by atoms with Crippen molar-refractivity contribution in [2.24, 2.45) is 0 Å². The van der Waals surface area contributed by atoms with Gasteiger partial charge in [-0.1, -0.05) is 49.4 Å². The maximum absolute atomic E-state index is 13.0. The fourth-order valence-corrected chi connectivity index (χ4v) is 6.35. The van der Waals surface area contributed by atoms with E-state index in [4.69, 9.17) is 5.21 Å². The van der Waals surface area contributed by atoms with E-state index in [0.717, 1.165) is 52.1 Å². The molecule has 8 heteroatoms. The zero-order valence-corrected chi connectivity index (χ0v) is 20.3. The van der Waals surface area contributed by atoms with E-state index in [1.54, 1.807) is 11.6 Å². The van der Waals surface area contributed by atoms with Crippen molar-refractivity contribution < 1.29 is 14.2 Å². The van der Waals surface area contributed by atoms with Crippen LogP contribution in [0, 0.1) is 0 Å². The highest BCUT2D eigenvalue weighted by atomic mass is 32.2. The Morgan fingerprint density at radius 2 is 1.79 bits per heavy atom. The third kappa shape index (κ3) is 6.19. The Balaban J connectivity index is 1.28. The number of hydrogen-bond acceptors (Lipinski definition) is 5. The Labute approximate surface area is 199 Å². The third-order valence-corrected chi connectivity index (χ3v) is 8.88. The molecule has 1 aromatic rings. The summed E-state index contributed by atoms with van der Waals surface area (Å²) in [6.07, 6.45) is 8.47. The van der Waals surface area contributed by atoms with Gasteiger partial charge in [0.2, 0.25) is 0 Å². The van der Waals surface area contributed by atoms with Gasteiger partial charge in [-0.05, 0) is 36.9 Å². The molecular weight excluding hydrogens is 436 g/mol. The summed E-state index contributed by atoms with van der Waals surface area (Å²) in [5.74, 6) is -0.0903. The Bertz CT molecular complexity index is 893. The first-order valence-electron chi connectivity index (χ1n) is 12.1. The highest BCUT2D eigenvalue weighted by Gasteiger charge is 2.27. The molecule has 0 radical (unpaired) electrons. The minimum Gasteiger partial charge on any atom is -0.301 e. The van der Waals surface area contributed by atoms with E-state index in [1.807, 2.05) is 4.31 Å². The molecule has 2 aliphatic heterocycles. The molecule has 3 aliphatic rings. The lowest BCUT2D eigenvalue weighted by atomic mass is 9.89. The first-order chi connectivity index (χ1) is 16.1. The van der Waals surface area contributed by atoms with Gasteiger partial charge in [-0.2, -0.15) is 0 Å². The molecule has 180 valence electrons. The number of carbonyl (C=O) groups excluding carboxylic acids is 1. The molecule has 3 unspecified atom stereocenters. The smallest absolute Gasteiger partial charge is 0.270 e. The fourth-order valence-electron chi connectivity index (χ4n) is 4.92. The lowest BCUT2D eigenvalue weighted by Gasteiger charge is -2.34. The Morgan fingerprint density at radius 1 is 1.06 bits per heavy atom. The van der Waals surface area contributed by atoms with E-state index in [1.165, 1.54) is 11.1 Å². The van der Waals surface area contributed by atoms with E-state index in [2.05, 4.69) is 53.1 Å². The molecule has 7 nitrogen and oxygen atoms in total. The van der Waals surface area contributed by atoms with Crippen molar-refractivity contribution in [2.45, 2.75) is 43.9 Å². The SMILES string of the molecule is CCN1CCN(Cc2ccc(C3C=CC(S(=O)N4CC=C(C(=O)NO)CC4)CC3)cc2)CC1. The molecule has 3 atom stereocenters. The van der Waals surface area contributed by atoms with E-state index in [0.29, 0.717) is 31.0 Å². The average molecular weight is 473 g/mol. The molecule has 1 fully saturated rings. The monoisotopic (exact) mass is 472 g/mol. The number of rotatable bonds is 7. The van der Waals surface area contributed by atoms with Crippen molar-refractivity contribution >= 4 is 16.9 Å². The number of carbonyl (C=O) groups is 1. The standard InChI is InChI=1S/C25H36N4O3S/c1-2-27-15-17-28(18-16-27)19-20-3-5-21(6-4-20)22-7-9-24(10-8-22)33(32)29-13-11-23(12-14-29)25(30)26-31/h3-7,9,11,22,24,31H,2,8,10,12-19H2,1H3,(H,26,30). The van der Waals surface area contributed by atoms with Gasteiger partial charge >= 0.3 is 0 Å². The first kappa shape index (κ1) is 24.3. The number of hydrogen-bond donors (Lipinski definition) is 2. The summed E-state index contributed by atoms with van der Waals surface area (Å²) in [5, 5.41) is 8.78. The second-order valence-corrected chi connectivity index (χ2v) is 10.8. The van der Waals surface area contributed by atoms with Crippen molar-refractivity contribution in [3.8, 4) is 0 Å². The molecule has 1 aliphatic carbocycles. The summed E-state index contributed by atoms with van der Waals surface area (Å²) in [5.41, 5.74) is 4.93. The number of amides is 1.